The van der Waals surface area contributed by atoms with Crippen LogP contribution >= 0.6 is 15.8 Å². The van der Waals surface area contributed by atoms with Gasteiger partial charge in [-0.3, -0.25) is 0 Å². The van der Waals surface area contributed by atoms with Gasteiger partial charge < -0.3 is 9.47 Å². The van der Waals surface area contributed by atoms with Gasteiger partial charge in [-0.15, -0.1) is 15.8 Å². The molecule has 4 heteroatoms. The van der Waals surface area contributed by atoms with Crippen LogP contribution in [0.3, 0.4) is 0 Å². The molecule has 86 valence electrons. The van der Waals surface area contributed by atoms with Gasteiger partial charge in [0.15, 0.2) is 0 Å². The maximum absolute atomic E-state index is 5.09. The van der Waals surface area contributed by atoms with Gasteiger partial charge >= 0.3 is 0 Å². The zero-order valence-electron chi connectivity index (χ0n) is 9.95. The van der Waals surface area contributed by atoms with E-state index in [4.69, 9.17) is 9.47 Å². The van der Waals surface area contributed by atoms with Gasteiger partial charge in [0.05, 0.1) is 13.2 Å². The Kier molecular flexibility index (Phi) is 10.9. The number of rotatable bonds is 9. The van der Waals surface area contributed by atoms with Crippen molar-refractivity contribution in [3.05, 3.63) is 0 Å². The smallest absolute Gasteiger partial charge is 0.0501 e. The molecule has 0 aromatic carbocycles. The lowest BCUT2D eigenvalue weighted by Crippen LogP contribution is -2.02. The molecular formula is C10H24O2P2. The molecule has 0 saturated carbocycles. The topological polar surface area (TPSA) is 18.5 Å². The van der Waals surface area contributed by atoms with Crippen LogP contribution in [0.4, 0.5) is 0 Å². The third-order valence-corrected chi connectivity index (χ3v) is 6.44. The summed E-state index contributed by atoms with van der Waals surface area (Å²) in [5, 5.41) is 0. The lowest BCUT2D eigenvalue weighted by molar-refractivity contribution is 0.218. The van der Waals surface area contributed by atoms with Gasteiger partial charge in [-0.05, 0) is 38.0 Å². The van der Waals surface area contributed by atoms with Crippen LogP contribution in [0.15, 0.2) is 0 Å². The average Bonchev–Trinajstić information content (AvgIpc) is 2.20. The molecule has 0 spiro atoms. The van der Waals surface area contributed by atoms with Crippen LogP contribution in [0.5, 0.6) is 0 Å². The van der Waals surface area contributed by atoms with Crippen molar-refractivity contribution in [2.24, 2.45) is 0 Å². The van der Waals surface area contributed by atoms with E-state index < -0.39 is 0 Å². The molecule has 0 bridgehead atoms. The number of hydrogen-bond donors (Lipinski definition) is 0. The standard InChI is InChI=1S/C10H24O2P2/c1-11-5-7-13(3)9-10-14(4)8-6-12-2/h5-10H2,1-4H3. The van der Waals surface area contributed by atoms with Gasteiger partial charge in [-0.25, -0.2) is 0 Å². The van der Waals surface area contributed by atoms with Crippen LogP contribution in [-0.2, 0) is 9.47 Å². The first-order valence-corrected chi connectivity index (χ1v) is 9.37. The second-order valence-corrected chi connectivity index (χ2v) is 8.81. The maximum atomic E-state index is 5.09. The van der Waals surface area contributed by atoms with E-state index in [0.29, 0.717) is 0 Å². The molecule has 0 rings (SSSR count). The Bertz CT molecular complexity index is 109. The number of hydrogen-bond acceptors (Lipinski definition) is 2. The van der Waals surface area contributed by atoms with Crippen molar-refractivity contribution in [3.8, 4) is 0 Å². The van der Waals surface area contributed by atoms with E-state index in [-0.39, 0.29) is 15.8 Å². The molecule has 0 fully saturated rings. The summed E-state index contributed by atoms with van der Waals surface area (Å²) >= 11 is 0. The van der Waals surface area contributed by atoms with Crippen LogP contribution in [0.2, 0.25) is 0 Å². The molecule has 14 heavy (non-hydrogen) atoms. The Morgan fingerprint density at radius 2 is 1.07 bits per heavy atom. The third kappa shape index (κ3) is 9.34. The number of ether oxygens (including phenoxy) is 2. The van der Waals surface area contributed by atoms with Crippen LogP contribution in [0.1, 0.15) is 0 Å². The van der Waals surface area contributed by atoms with Gasteiger partial charge in [0, 0.05) is 14.2 Å². The van der Waals surface area contributed by atoms with Crippen molar-refractivity contribution in [3.63, 3.8) is 0 Å². The molecule has 2 unspecified atom stereocenters. The van der Waals surface area contributed by atoms with E-state index in [1.165, 1.54) is 24.6 Å². The first-order chi connectivity index (χ1) is 6.70. The summed E-state index contributed by atoms with van der Waals surface area (Å²) in [5.74, 6) is 0. The fraction of sp³-hybridized carbons (Fsp3) is 1.00. The molecule has 0 aliphatic heterocycles. The van der Waals surface area contributed by atoms with Crippen molar-refractivity contribution in [2.45, 2.75) is 0 Å². The first kappa shape index (κ1) is 14.8. The molecule has 2 atom stereocenters. The molecule has 0 aliphatic carbocycles. The van der Waals surface area contributed by atoms with Crippen molar-refractivity contribution < 1.29 is 9.47 Å². The van der Waals surface area contributed by atoms with E-state index in [0.717, 1.165) is 13.2 Å². The fourth-order valence-electron chi connectivity index (χ4n) is 1.06. The second kappa shape index (κ2) is 10.3. The predicted molar refractivity (Wildman–Crippen MR) is 68.9 cm³/mol. The quantitative estimate of drug-likeness (QED) is 0.575. The summed E-state index contributed by atoms with van der Waals surface area (Å²) in [6, 6.07) is 0. The van der Waals surface area contributed by atoms with Crippen molar-refractivity contribution in [2.75, 3.05) is 65.4 Å². The minimum Gasteiger partial charge on any atom is -0.384 e. The average molecular weight is 238 g/mol. The Hall–Kier alpha value is 0.780. The Morgan fingerprint density at radius 1 is 0.714 bits per heavy atom. The van der Waals surface area contributed by atoms with Crippen LogP contribution in [-0.4, -0.2) is 65.4 Å². The van der Waals surface area contributed by atoms with E-state index in [1.54, 1.807) is 14.2 Å². The Labute approximate surface area is 91.3 Å². The molecular weight excluding hydrogens is 214 g/mol. The van der Waals surface area contributed by atoms with Gasteiger partial charge in [-0.1, -0.05) is 0 Å². The van der Waals surface area contributed by atoms with E-state index in [1.807, 2.05) is 0 Å². The largest absolute Gasteiger partial charge is 0.384 e. The van der Waals surface area contributed by atoms with E-state index in [9.17, 15) is 0 Å². The summed E-state index contributed by atoms with van der Waals surface area (Å²) in [6.45, 7) is 6.63. The predicted octanol–water partition coefficient (Wildman–Crippen LogP) is 2.50. The zero-order valence-corrected chi connectivity index (χ0v) is 11.7. The van der Waals surface area contributed by atoms with Crippen LogP contribution in [0.25, 0.3) is 0 Å². The zero-order chi connectivity index (χ0) is 10.8. The first-order valence-electron chi connectivity index (χ1n) is 5.05. The molecule has 0 N–H and O–H groups in total. The van der Waals surface area contributed by atoms with Crippen LogP contribution < -0.4 is 0 Å². The van der Waals surface area contributed by atoms with Crippen molar-refractivity contribution in [1.82, 2.24) is 0 Å². The Balaban J connectivity index is 3.31. The van der Waals surface area contributed by atoms with Gasteiger partial charge in [0.25, 0.3) is 0 Å². The third-order valence-electron chi connectivity index (χ3n) is 2.22. The highest BCUT2D eigenvalue weighted by Gasteiger charge is 2.05. The molecule has 0 aromatic rings. The molecule has 0 heterocycles. The van der Waals surface area contributed by atoms with Crippen molar-refractivity contribution >= 4 is 15.8 Å². The van der Waals surface area contributed by atoms with Gasteiger partial charge in [0.1, 0.15) is 0 Å². The summed E-state index contributed by atoms with van der Waals surface area (Å²) in [4.78, 5) is 0. The molecule has 0 aromatic heterocycles. The molecule has 0 aliphatic rings. The lowest BCUT2D eigenvalue weighted by atomic mass is 10.9. The minimum absolute atomic E-state index is 0.216. The highest BCUT2D eigenvalue weighted by atomic mass is 31.1. The van der Waals surface area contributed by atoms with Gasteiger partial charge in [-0.2, -0.15) is 0 Å². The number of methoxy groups -OCH3 is 2. The second-order valence-electron chi connectivity index (χ2n) is 3.59. The molecule has 0 saturated heterocycles. The highest BCUT2D eigenvalue weighted by Crippen LogP contribution is 2.37. The Morgan fingerprint density at radius 3 is 1.36 bits per heavy atom. The van der Waals surface area contributed by atoms with E-state index >= 15 is 0 Å². The monoisotopic (exact) mass is 238 g/mol. The van der Waals surface area contributed by atoms with Crippen molar-refractivity contribution in [1.29, 1.82) is 0 Å². The highest BCUT2D eigenvalue weighted by molar-refractivity contribution is 7.60. The summed E-state index contributed by atoms with van der Waals surface area (Å²) in [5.41, 5.74) is 0. The van der Waals surface area contributed by atoms with Crippen LogP contribution in [0, 0.1) is 0 Å². The normalized spacial score (nSPS) is 15.4. The minimum atomic E-state index is 0.216. The maximum Gasteiger partial charge on any atom is 0.0501 e. The molecule has 2 nitrogen and oxygen atoms in total. The fourth-order valence-corrected chi connectivity index (χ4v) is 5.23. The summed E-state index contributed by atoms with van der Waals surface area (Å²) in [6.07, 6.45) is 5.34. The lowest BCUT2D eigenvalue weighted by Gasteiger charge is -2.15. The summed E-state index contributed by atoms with van der Waals surface area (Å²) < 4.78 is 10.2. The molecule has 0 radical (unpaired) electrons. The SMILES string of the molecule is COCCP(C)CCP(C)CCOC. The molecule has 0 amide bonds. The van der Waals surface area contributed by atoms with E-state index in [2.05, 4.69) is 13.3 Å². The summed E-state index contributed by atoms with van der Waals surface area (Å²) in [7, 11) is 4.01. The van der Waals surface area contributed by atoms with Gasteiger partial charge in [0.2, 0.25) is 0 Å².